The van der Waals surface area contributed by atoms with Crippen LogP contribution in [0.5, 0.6) is 5.75 Å². The highest BCUT2D eigenvalue weighted by molar-refractivity contribution is 14.1. The van der Waals surface area contributed by atoms with E-state index in [0.717, 1.165) is 7.11 Å². The molecule has 11 heteroatoms. The van der Waals surface area contributed by atoms with Crippen LogP contribution in [0.25, 0.3) is 0 Å². The van der Waals surface area contributed by atoms with Crippen molar-refractivity contribution in [3.05, 3.63) is 25.6 Å². The van der Waals surface area contributed by atoms with Gasteiger partial charge in [0.05, 0.1) is 12.0 Å². The summed E-state index contributed by atoms with van der Waals surface area (Å²) in [6.07, 6.45) is -4.49. The fourth-order valence-electron chi connectivity index (χ4n) is 1.09. The molecule has 0 spiro atoms. The molecule has 0 aliphatic heterocycles. The minimum Gasteiger partial charge on any atom is -0.465 e. The molecule has 7 nitrogen and oxygen atoms in total. The molecule has 1 aromatic heterocycles. The minimum atomic E-state index is -5.20. The maximum absolute atomic E-state index is 12.2. The van der Waals surface area contributed by atoms with Gasteiger partial charge in [0.2, 0.25) is 5.75 Å². The number of aromatic nitrogens is 1. The summed E-state index contributed by atoms with van der Waals surface area (Å²) < 4.78 is 44.1. The maximum Gasteiger partial charge on any atom is 0.573 e. The van der Waals surface area contributed by atoms with Gasteiger partial charge in [-0.2, -0.15) is 0 Å². The Hall–Kier alpha value is -1.66. The Bertz CT molecular complexity index is 534. The largest absolute Gasteiger partial charge is 0.573 e. The Balaban J connectivity index is 3.53. The van der Waals surface area contributed by atoms with Crippen LogP contribution in [0.2, 0.25) is 0 Å². The second-order valence-electron chi connectivity index (χ2n) is 2.94. The van der Waals surface area contributed by atoms with E-state index in [0.29, 0.717) is 6.20 Å². The van der Waals surface area contributed by atoms with Gasteiger partial charge in [0.1, 0.15) is 5.56 Å². The van der Waals surface area contributed by atoms with Crippen molar-refractivity contribution in [1.82, 2.24) is 4.98 Å². The zero-order chi connectivity index (χ0) is 14.8. The molecule has 1 heterocycles. The Morgan fingerprint density at radius 1 is 1.53 bits per heavy atom. The van der Waals surface area contributed by atoms with E-state index in [2.05, 4.69) is 14.5 Å². The number of ether oxygens (including phenoxy) is 2. The van der Waals surface area contributed by atoms with Crippen LogP contribution in [0.1, 0.15) is 10.4 Å². The number of halogens is 4. The third-order valence-corrected chi connectivity index (χ3v) is 2.56. The van der Waals surface area contributed by atoms with Crippen LogP contribution in [0.3, 0.4) is 0 Å². The van der Waals surface area contributed by atoms with Crippen molar-refractivity contribution in [2.75, 3.05) is 7.11 Å². The summed E-state index contributed by atoms with van der Waals surface area (Å²) in [5.74, 6) is -2.48. The van der Waals surface area contributed by atoms with Gasteiger partial charge in [-0.25, -0.2) is 9.78 Å². The molecule has 0 amide bonds. The van der Waals surface area contributed by atoms with Gasteiger partial charge in [-0.1, -0.05) is 0 Å². The predicted molar refractivity (Wildman–Crippen MR) is 61.6 cm³/mol. The molecule has 0 N–H and O–H groups in total. The summed E-state index contributed by atoms with van der Waals surface area (Å²) in [5.41, 5.74) is -1.84. The first-order chi connectivity index (χ1) is 8.67. The number of hydrogen-bond acceptors (Lipinski definition) is 6. The first-order valence-corrected chi connectivity index (χ1v) is 5.42. The number of nitro groups is 1. The highest BCUT2D eigenvalue weighted by Gasteiger charge is 2.39. The third kappa shape index (κ3) is 3.65. The average Bonchev–Trinajstić information content (AvgIpc) is 2.25. The molecule has 0 atom stereocenters. The fraction of sp³-hybridized carbons (Fsp3) is 0.250. The first kappa shape index (κ1) is 15.4. The quantitative estimate of drug-likeness (QED) is 0.258. The van der Waals surface area contributed by atoms with E-state index >= 15 is 0 Å². The molecule has 0 saturated carbocycles. The Labute approximate surface area is 117 Å². The van der Waals surface area contributed by atoms with Crippen molar-refractivity contribution < 1.29 is 32.4 Å². The van der Waals surface area contributed by atoms with Gasteiger partial charge in [0, 0.05) is 6.20 Å². The van der Waals surface area contributed by atoms with E-state index in [1.807, 2.05) is 0 Å². The van der Waals surface area contributed by atoms with Gasteiger partial charge in [-0.05, 0) is 22.6 Å². The molecule has 0 fully saturated rings. The number of alkyl halides is 3. The topological polar surface area (TPSA) is 91.6 Å². The summed E-state index contributed by atoms with van der Waals surface area (Å²) in [4.78, 5) is 24.4. The van der Waals surface area contributed by atoms with E-state index < -0.39 is 34.3 Å². The lowest BCUT2D eigenvalue weighted by Gasteiger charge is -2.12. The van der Waals surface area contributed by atoms with E-state index in [-0.39, 0.29) is 3.70 Å². The average molecular weight is 392 g/mol. The molecule has 0 aliphatic rings. The second-order valence-corrected chi connectivity index (χ2v) is 3.96. The van der Waals surface area contributed by atoms with Crippen molar-refractivity contribution >= 4 is 34.2 Å². The fourth-order valence-corrected chi connectivity index (χ4v) is 1.68. The Morgan fingerprint density at radius 3 is 2.53 bits per heavy atom. The molecular weight excluding hydrogens is 388 g/mol. The highest BCUT2D eigenvalue weighted by Crippen LogP contribution is 2.37. The van der Waals surface area contributed by atoms with Crippen molar-refractivity contribution in [1.29, 1.82) is 0 Å². The van der Waals surface area contributed by atoms with Crippen molar-refractivity contribution in [3.63, 3.8) is 0 Å². The summed E-state index contributed by atoms with van der Waals surface area (Å²) in [6, 6.07) is 0. The molecule has 0 bridgehead atoms. The van der Waals surface area contributed by atoms with E-state index in [1.54, 1.807) is 0 Å². The van der Waals surface area contributed by atoms with Gasteiger partial charge in [-0.3, -0.25) is 10.1 Å². The molecular formula is C8H4F3IN2O5. The Morgan fingerprint density at radius 2 is 2.11 bits per heavy atom. The molecule has 1 aromatic rings. The lowest BCUT2D eigenvalue weighted by atomic mass is 10.2. The number of rotatable bonds is 3. The molecule has 19 heavy (non-hydrogen) atoms. The third-order valence-electron chi connectivity index (χ3n) is 1.77. The number of hydrogen-bond donors (Lipinski definition) is 0. The standard InChI is InChI=1S/C8H4F3IN2O5/c1-18-7(15)3-2-13-6(12)4(14(16)17)5(3)19-8(9,10)11/h2H,1H3. The van der Waals surface area contributed by atoms with Crippen molar-refractivity contribution in [2.24, 2.45) is 0 Å². The van der Waals surface area contributed by atoms with Crippen molar-refractivity contribution in [2.45, 2.75) is 6.36 Å². The summed E-state index contributed by atoms with van der Waals surface area (Å²) in [7, 11) is 0.906. The normalized spacial score (nSPS) is 11.0. The van der Waals surface area contributed by atoms with Gasteiger partial charge in [-0.15, -0.1) is 13.2 Å². The van der Waals surface area contributed by atoms with Gasteiger partial charge in [0.25, 0.3) is 0 Å². The van der Waals surface area contributed by atoms with Gasteiger partial charge in [0.15, 0.2) is 3.70 Å². The predicted octanol–water partition coefficient (Wildman–Crippen LogP) is 2.28. The SMILES string of the molecule is COC(=O)c1cnc(I)c([N+](=O)[O-])c1OC(F)(F)F. The Kier molecular flexibility index (Phi) is 4.49. The zero-order valence-electron chi connectivity index (χ0n) is 9.02. The zero-order valence-corrected chi connectivity index (χ0v) is 11.2. The number of nitrogens with zero attached hydrogens (tertiary/aromatic N) is 2. The smallest absolute Gasteiger partial charge is 0.465 e. The van der Waals surface area contributed by atoms with Gasteiger partial charge < -0.3 is 9.47 Å². The van der Waals surface area contributed by atoms with Crippen molar-refractivity contribution in [3.8, 4) is 5.75 Å². The van der Waals surface area contributed by atoms with E-state index in [9.17, 15) is 28.1 Å². The number of carbonyl (C=O) groups excluding carboxylic acids is 1. The monoisotopic (exact) mass is 392 g/mol. The van der Waals surface area contributed by atoms with Crippen LogP contribution < -0.4 is 4.74 Å². The lowest BCUT2D eigenvalue weighted by molar-refractivity contribution is -0.390. The summed E-state index contributed by atoms with van der Waals surface area (Å²) in [5, 5.41) is 10.8. The number of pyridine rings is 1. The van der Waals surface area contributed by atoms with Crippen LogP contribution >= 0.6 is 22.6 Å². The van der Waals surface area contributed by atoms with Crippen LogP contribution in [0.4, 0.5) is 18.9 Å². The molecule has 0 unspecified atom stereocenters. The second kappa shape index (κ2) is 5.54. The van der Waals surface area contributed by atoms with Crippen LogP contribution in [0, 0.1) is 13.8 Å². The first-order valence-electron chi connectivity index (χ1n) is 4.34. The summed E-state index contributed by atoms with van der Waals surface area (Å²) >= 11 is 1.35. The number of esters is 1. The molecule has 0 radical (unpaired) electrons. The maximum atomic E-state index is 12.2. The number of methoxy groups -OCH3 is 1. The lowest BCUT2D eigenvalue weighted by Crippen LogP contribution is -2.21. The number of carbonyl (C=O) groups is 1. The molecule has 0 aliphatic carbocycles. The molecule has 0 aromatic carbocycles. The minimum absolute atomic E-state index is 0.352. The summed E-state index contributed by atoms with van der Waals surface area (Å²) in [6.45, 7) is 0. The van der Waals surface area contributed by atoms with E-state index in [1.165, 1.54) is 22.6 Å². The molecule has 1 rings (SSSR count). The van der Waals surface area contributed by atoms with Crippen LogP contribution in [-0.4, -0.2) is 29.3 Å². The van der Waals surface area contributed by atoms with Crippen LogP contribution in [-0.2, 0) is 4.74 Å². The van der Waals surface area contributed by atoms with Crippen LogP contribution in [0.15, 0.2) is 6.20 Å². The molecule has 104 valence electrons. The van der Waals surface area contributed by atoms with Gasteiger partial charge >= 0.3 is 18.0 Å². The van der Waals surface area contributed by atoms with E-state index in [4.69, 9.17) is 0 Å². The highest BCUT2D eigenvalue weighted by atomic mass is 127. The molecule has 0 saturated heterocycles.